The summed E-state index contributed by atoms with van der Waals surface area (Å²) in [6.45, 7) is 2.05. The maximum atomic E-state index is 11.9. The Morgan fingerprint density at radius 2 is 1.94 bits per heavy atom. The number of halogens is 4. The van der Waals surface area contributed by atoms with Crippen molar-refractivity contribution in [3.05, 3.63) is 0 Å². The molecule has 1 saturated carbocycles. The van der Waals surface area contributed by atoms with Gasteiger partial charge in [0.25, 0.3) is 0 Å². The summed E-state index contributed by atoms with van der Waals surface area (Å²) < 4.78 is 35.7. The maximum Gasteiger partial charge on any atom is 0.389 e. The minimum atomic E-state index is -4.28. The number of nitrogens with one attached hydrogen (secondary N) is 1. The lowest BCUT2D eigenvalue weighted by molar-refractivity contribution is -0.144. The van der Waals surface area contributed by atoms with Gasteiger partial charge in [-0.15, -0.1) is 12.4 Å². The smallest absolute Gasteiger partial charge is 0.349 e. The molecule has 3 N–H and O–H groups in total. The minimum Gasteiger partial charge on any atom is -0.349 e. The first kappa shape index (κ1) is 16.5. The van der Waals surface area contributed by atoms with Gasteiger partial charge in [0.2, 0.25) is 5.91 Å². The van der Waals surface area contributed by atoms with Crippen LogP contribution in [-0.2, 0) is 4.79 Å². The second-order valence-corrected chi connectivity index (χ2v) is 4.56. The van der Waals surface area contributed by atoms with Gasteiger partial charge in [0, 0.05) is 13.0 Å². The Bertz CT molecular complexity index is 269. The van der Waals surface area contributed by atoms with E-state index in [9.17, 15) is 18.0 Å². The van der Waals surface area contributed by atoms with Crippen molar-refractivity contribution < 1.29 is 18.0 Å². The Morgan fingerprint density at radius 1 is 1.41 bits per heavy atom. The minimum absolute atomic E-state index is 0. The van der Waals surface area contributed by atoms with Crippen LogP contribution in [0.5, 0.6) is 0 Å². The van der Waals surface area contributed by atoms with Crippen molar-refractivity contribution in [1.82, 2.24) is 5.32 Å². The van der Waals surface area contributed by atoms with Crippen LogP contribution >= 0.6 is 12.4 Å². The van der Waals surface area contributed by atoms with Crippen molar-refractivity contribution in [2.75, 3.05) is 6.54 Å². The fourth-order valence-corrected chi connectivity index (χ4v) is 1.68. The third-order valence-electron chi connectivity index (χ3n) is 2.96. The quantitative estimate of drug-likeness (QED) is 0.806. The highest BCUT2D eigenvalue weighted by Gasteiger charge is 2.41. The summed E-state index contributed by atoms with van der Waals surface area (Å²) in [5.74, 6) is -0.260. The molecule has 7 heteroatoms. The number of carbonyl (C=O) groups excluding carboxylic acids is 1. The van der Waals surface area contributed by atoms with Crippen LogP contribution in [0.15, 0.2) is 0 Å². The first-order valence-electron chi connectivity index (χ1n) is 5.35. The Hall–Kier alpha value is -0.490. The second kappa shape index (κ2) is 5.91. The predicted octanol–water partition coefficient (Wildman–Crippen LogP) is 1.99. The van der Waals surface area contributed by atoms with Gasteiger partial charge in [-0.1, -0.05) is 0 Å². The molecule has 0 bridgehead atoms. The van der Waals surface area contributed by atoms with E-state index in [1.54, 1.807) is 6.92 Å². The van der Waals surface area contributed by atoms with E-state index in [2.05, 4.69) is 5.32 Å². The highest BCUT2D eigenvalue weighted by atomic mass is 35.5. The van der Waals surface area contributed by atoms with Crippen LogP contribution in [0.2, 0.25) is 0 Å². The summed E-state index contributed by atoms with van der Waals surface area (Å²) >= 11 is 0. The molecule has 0 radical (unpaired) electrons. The highest BCUT2D eigenvalue weighted by Crippen LogP contribution is 2.39. The van der Waals surface area contributed by atoms with Gasteiger partial charge in [-0.05, 0) is 25.7 Å². The number of hydrogen-bond donors (Lipinski definition) is 2. The summed E-state index contributed by atoms with van der Waals surface area (Å²) in [4.78, 5) is 11.3. The molecule has 3 nitrogen and oxygen atoms in total. The molecule has 1 amide bonds. The van der Waals surface area contributed by atoms with E-state index in [0.717, 1.165) is 12.8 Å². The summed E-state index contributed by atoms with van der Waals surface area (Å²) in [7, 11) is 0. The molecule has 0 aromatic carbocycles. The fourth-order valence-electron chi connectivity index (χ4n) is 1.68. The van der Waals surface area contributed by atoms with Crippen LogP contribution < -0.4 is 11.1 Å². The van der Waals surface area contributed by atoms with Crippen molar-refractivity contribution in [2.24, 2.45) is 11.7 Å². The van der Waals surface area contributed by atoms with Crippen LogP contribution in [0.4, 0.5) is 13.2 Å². The van der Waals surface area contributed by atoms with Gasteiger partial charge >= 0.3 is 6.18 Å². The Kier molecular flexibility index (Phi) is 5.74. The second-order valence-electron chi connectivity index (χ2n) is 4.56. The van der Waals surface area contributed by atoms with Gasteiger partial charge in [-0.3, -0.25) is 4.79 Å². The largest absolute Gasteiger partial charge is 0.389 e. The van der Waals surface area contributed by atoms with E-state index >= 15 is 0 Å². The lowest BCUT2D eigenvalue weighted by Crippen LogP contribution is -2.53. The molecular weight excluding hydrogens is 257 g/mol. The molecule has 0 aromatic heterocycles. The summed E-state index contributed by atoms with van der Waals surface area (Å²) in [6, 6.07) is 0. The van der Waals surface area contributed by atoms with Crippen molar-refractivity contribution in [3.63, 3.8) is 0 Å². The molecule has 102 valence electrons. The molecule has 0 aromatic rings. The number of alkyl halides is 3. The van der Waals surface area contributed by atoms with Gasteiger partial charge in [0.15, 0.2) is 0 Å². The number of rotatable bonds is 5. The molecule has 1 unspecified atom stereocenters. The molecule has 0 heterocycles. The molecule has 0 saturated heterocycles. The average molecular weight is 275 g/mol. The van der Waals surface area contributed by atoms with Gasteiger partial charge < -0.3 is 11.1 Å². The molecule has 0 spiro atoms. The summed E-state index contributed by atoms with van der Waals surface area (Å²) in [5, 5.41) is 2.61. The van der Waals surface area contributed by atoms with Crippen LogP contribution in [0, 0.1) is 5.92 Å². The first-order valence-corrected chi connectivity index (χ1v) is 5.35. The fraction of sp³-hybridized carbons (Fsp3) is 0.900. The number of carbonyl (C=O) groups is 1. The van der Waals surface area contributed by atoms with Crippen molar-refractivity contribution in [3.8, 4) is 0 Å². The van der Waals surface area contributed by atoms with Crippen LogP contribution in [-0.4, -0.2) is 24.2 Å². The van der Waals surface area contributed by atoms with Crippen molar-refractivity contribution in [1.29, 1.82) is 0 Å². The first-order chi connectivity index (χ1) is 7.27. The zero-order valence-corrected chi connectivity index (χ0v) is 10.5. The lowest BCUT2D eigenvalue weighted by Gasteiger charge is -2.29. The van der Waals surface area contributed by atoms with E-state index < -0.39 is 30.5 Å². The molecular formula is C10H18ClF3N2O. The van der Waals surface area contributed by atoms with Crippen LogP contribution in [0.1, 0.15) is 32.6 Å². The standard InChI is InChI=1S/C10H17F3N2O.ClH/c1-9(6-14,7-2-3-7)15-8(16)4-5-10(11,12)13;/h7H,2-6,14H2,1H3,(H,15,16);1H. The Labute approximate surface area is 105 Å². The molecule has 0 aliphatic heterocycles. The predicted molar refractivity (Wildman–Crippen MR) is 60.9 cm³/mol. The molecule has 1 atom stereocenters. The molecule has 1 fully saturated rings. The molecule has 1 aliphatic rings. The van der Waals surface area contributed by atoms with Gasteiger partial charge in [-0.2, -0.15) is 13.2 Å². The van der Waals surface area contributed by atoms with Gasteiger partial charge in [0.05, 0.1) is 12.0 Å². The average Bonchev–Trinajstić information content (AvgIpc) is 2.96. The van der Waals surface area contributed by atoms with Gasteiger partial charge in [0.1, 0.15) is 0 Å². The van der Waals surface area contributed by atoms with Crippen molar-refractivity contribution >= 4 is 18.3 Å². The third-order valence-corrected chi connectivity index (χ3v) is 2.96. The third kappa shape index (κ3) is 5.59. The number of nitrogens with two attached hydrogens (primary N) is 1. The number of hydrogen-bond acceptors (Lipinski definition) is 2. The topological polar surface area (TPSA) is 55.1 Å². The van der Waals surface area contributed by atoms with E-state index in [1.165, 1.54) is 0 Å². The summed E-state index contributed by atoms with van der Waals surface area (Å²) in [5.41, 5.74) is 5.00. The zero-order chi connectivity index (χ0) is 12.4. The van der Waals surface area contributed by atoms with E-state index in [1.807, 2.05) is 0 Å². The van der Waals surface area contributed by atoms with Crippen LogP contribution in [0.25, 0.3) is 0 Å². The Morgan fingerprint density at radius 3 is 2.29 bits per heavy atom. The zero-order valence-electron chi connectivity index (χ0n) is 9.64. The summed E-state index contributed by atoms with van der Waals surface area (Å²) in [6.07, 6.45) is -3.92. The van der Waals surface area contributed by atoms with Crippen LogP contribution in [0.3, 0.4) is 0 Å². The monoisotopic (exact) mass is 274 g/mol. The molecule has 17 heavy (non-hydrogen) atoms. The van der Waals surface area contributed by atoms with Crippen molar-refractivity contribution in [2.45, 2.75) is 44.3 Å². The van der Waals surface area contributed by atoms with Gasteiger partial charge in [-0.25, -0.2) is 0 Å². The van der Waals surface area contributed by atoms with E-state index in [0.29, 0.717) is 5.92 Å². The van der Waals surface area contributed by atoms with E-state index in [4.69, 9.17) is 5.73 Å². The molecule has 1 aliphatic carbocycles. The highest BCUT2D eigenvalue weighted by molar-refractivity contribution is 5.85. The normalized spacial score (nSPS) is 19.1. The Balaban J connectivity index is 0.00000256. The van der Waals surface area contributed by atoms with E-state index in [-0.39, 0.29) is 19.0 Å². The number of amides is 1. The maximum absolute atomic E-state index is 11.9. The SMILES string of the molecule is CC(CN)(NC(=O)CCC(F)(F)F)C1CC1.Cl. The molecule has 1 rings (SSSR count). The lowest BCUT2D eigenvalue weighted by atomic mass is 9.95.